The van der Waals surface area contributed by atoms with E-state index in [1.165, 1.54) is 0 Å². The highest BCUT2D eigenvalue weighted by molar-refractivity contribution is 7.93. The number of carbonyl (C=O) groups excluding carboxylic acids is 1. The van der Waals surface area contributed by atoms with E-state index in [0.29, 0.717) is 11.8 Å². The molecule has 0 aromatic carbocycles. The SMILES string of the molecule is CC1CC1CC1(C=O)CS(=O)(=O)C1. The van der Waals surface area contributed by atoms with Gasteiger partial charge in [0.1, 0.15) is 6.29 Å². The van der Waals surface area contributed by atoms with Crippen LogP contribution in [-0.4, -0.2) is 26.2 Å². The maximum absolute atomic E-state index is 11.0. The molecule has 0 spiro atoms. The molecule has 74 valence electrons. The lowest BCUT2D eigenvalue weighted by molar-refractivity contribution is -0.115. The normalized spacial score (nSPS) is 39.2. The van der Waals surface area contributed by atoms with Gasteiger partial charge in [-0.1, -0.05) is 6.92 Å². The third-order valence-electron chi connectivity index (χ3n) is 3.21. The van der Waals surface area contributed by atoms with Gasteiger partial charge in [-0.3, -0.25) is 0 Å². The topological polar surface area (TPSA) is 51.2 Å². The summed E-state index contributed by atoms with van der Waals surface area (Å²) in [4.78, 5) is 10.8. The van der Waals surface area contributed by atoms with Crippen molar-refractivity contribution in [3.05, 3.63) is 0 Å². The van der Waals surface area contributed by atoms with E-state index in [-0.39, 0.29) is 11.5 Å². The summed E-state index contributed by atoms with van der Waals surface area (Å²) in [7, 11) is -2.87. The van der Waals surface area contributed by atoms with Gasteiger partial charge in [-0.2, -0.15) is 0 Å². The Kier molecular flexibility index (Phi) is 1.81. The van der Waals surface area contributed by atoms with Crippen LogP contribution in [0.15, 0.2) is 0 Å². The minimum Gasteiger partial charge on any atom is -0.303 e. The predicted octanol–water partition coefficient (Wildman–Crippen LogP) is 0.646. The molecular weight excluding hydrogens is 188 g/mol. The summed E-state index contributed by atoms with van der Waals surface area (Å²) in [6.07, 6.45) is 2.81. The van der Waals surface area contributed by atoms with E-state index in [4.69, 9.17) is 0 Å². The van der Waals surface area contributed by atoms with Crippen molar-refractivity contribution in [2.75, 3.05) is 11.5 Å². The first kappa shape index (κ1) is 9.19. The van der Waals surface area contributed by atoms with Crippen molar-refractivity contribution in [1.82, 2.24) is 0 Å². The lowest BCUT2D eigenvalue weighted by Gasteiger charge is -2.36. The summed E-state index contributed by atoms with van der Waals surface area (Å²) in [5.74, 6) is 1.47. The van der Waals surface area contributed by atoms with Crippen LogP contribution < -0.4 is 0 Å². The van der Waals surface area contributed by atoms with Crippen molar-refractivity contribution >= 4 is 16.1 Å². The number of carbonyl (C=O) groups is 1. The van der Waals surface area contributed by atoms with E-state index < -0.39 is 15.3 Å². The van der Waals surface area contributed by atoms with Crippen LogP contribution in [0.1, 0.15) is 19.8 Å². The first-order valence-electron chi connectivity index (χ1n) is 4.63. The van der Waals surface area contributed by atoms with Crippen molar-refractivity contribution in [2.45, 2.75) is 19.8 Å². The van der Waals surface area contributed by atoms with E-state index in [1.54, 1.807) is 0 Å². The molecule has 2 aliphatic rings. The average Bonchev–Trinajstić information content (AvgIpc) is 2.62. The fourth-order valence-electron chi connectivity index (χ4n) is 2.27. The number of sulfone groups is 1. The van der Waals surface area contributed by atoms with Crippen molar-refractivity contribution in [2.24, 2.45) is 17.3 Å². The Morgan fingerprint density at radius 2 is 2.00 bits per heavy atom. The summed E-state index contributed by atoms with van der Waals surface area (Å²) < 4.78 is 22.0. The Hall–Kier alpha value is -0.380. The number of rotatable bonds is 3. The van der Waals surface area contributed by atoms with Gasteiger partial charge in [0.25, 0.3) is 0 Å². The quantitative estimate of drug-likeness (QED) is 0.631. The van der Waals surface area contributed by atoms with Gasteiger partial charge in [0, 0.05) is 0 Å². The second kappa shape index (κ2) is 2.56. The van der Waals surface area contributed by atoms with Gasteiger partial charge in [0.2, 0.25) is 0 Å². The highest BCUT2D eigenvalue weighted by Gasteiger charge is 2.52. The zero-order valence-corrected chi connectivity index (χ0v) is 8.51. The zero-order chi connectivity index (χ0) is 9.69. The smallest absolute Gasteiger partial charge is 0.152 e. The Morgan fingerprint density at radius 1 is 1.46 bits per heavy atom. The molecule has 4 heteroatoms. The Labute approximate surface area is 78.4 Å². The van der Waals surface area contributed by atoms with Crippen LogP contribution in [-0.2, 0) is 14.6 Å². The standard InChI is InChI=1S/C9H14O3S/c1-7-2-8(7)3-9(4-10)5-13(11,12)6-9/h4,7-8H,2-3,5-6H2,1H3. The molecule has 3 nitrogen and oxygen atoms in total. The highest BCUT2D eigenvalue weighted by Crippen LogP contribution is 2.48. The molecule has 0 aromatic heterocycles. The second-order valence-electron chi connectivity index (χ2n) is 4.69. The molecule has 0 N–H and O–H groups in total. The molecule has 0 bridgehead atoms. The van der Waals surface area contributed by atoms with Gasteiger partial charge in [-0.05, 0) is 24.7 Å². The Morgan fingerprint density at radius 3 is 2.31 bits per heavy atom. The third kappa shape index (κ3) is 1.64. The van der Waals surface area contributed by atoms with Crippen molar-refractivity contribution in [3.8, 4) is 0 Å². The molecule has 0 amide bonds. The van der Waals surface area contributed by atoms with Crippen molar-refractivity contribution in [1.29, 1.82) is 0 Å². The van der Waals surface area contributed by atoms with Crippen molar-refractivity contribution in [3.63, 3.8) is 0 Å². The molecule has 1 saturated carbocycles. The number of hydrogen-bond donors (Lipinski definition) is 0. The van der Waals surface area contributed by atoms with Crippen LogP contribution in [0, 0.1) is 17.3 Å². The molecule has 0 aromatic rings. The predicted molar refractivity (Wildman–Crippen MR) is 49.0 cm³/mol. The number of hydrogen-bond acceptors (Lipinski definition) is 3. The molecule has 1 aliphatic heterocycles. The van der Waals surface area contributed by atoms with Crippen molar-refractivity contribution < 1.29 is 13.2 Å². The summed E-state index contributed by atoms with van der Waals surface area (Å²) in [5.41, 5.74) is -0.506. The maximum atomic E-state index is 11.0. The van der Waals surface area contributed by atoms with E-state index in [0.717, 1.165) is 19.1 Å². The average molecular weight is 202 g/mol. The first-order valence-corrected chi connectivity index (χ1v) is 6.45. The zero-order valence-electron chi connectivity index (χ0n) is 7.69. The summed E-state index contributed by atoms with van der Waals surface area (Å²) in [5, 5.41) is 0. The van der Waals surface area contributed by atoms with E-state index in [9.17, 15) is 13.2 Å². The summed E-state index contributed by atoms with van der Waals surface area (Å²) in [6.45, 7) is 2.15. The monoisotopic (exact) mass is 202 g/mol. The molecular formula is C9H14O3S. The van der Waals surface area contributed by atoms with Gasteiger partial charge >= 0.3 is 0 Å². The van der Waals surface area contributed by atoms with Crippen LogP contribution in [0.3, 0.4) is 0 Å². The highest BCUT2D eigenvalue weighted by atomic mass is 32.2. The Bertz CT molecular complexity index is 319. The molecule has 1 aliphatic carbocycles. The fraction of sp³-hybridized carbons (Fsp3) is 0.889. The minimum absolute atomic E-state index is 0.0900. The minimum atomic E-state index is -2.87. The molecule has 1 heterocycles. The van der Waals surface area contributed by atoms with Gasteiger partial charge in [0.15, 0.2) is 9.84 Å². The third-order valence-corrected chi connectivity index (χ3v) is 5.24. The maximum Gasteiger partial charge on any atom is 0.152 e. The molecule has 0 radical (unpaired) electrons. The van der Waals surface area contributed by atoms with Crippen LogP contribution in [0.2, 0.25) is 0 Å². The lowest BCUT2D eigenvalue weighted by atomic mass is 9.87. The van der Waals surface area contributed by atoms with Gasteiger partial charge < -0.3 is 4.79 Å². The molecule has 2 rings (SSSR count). The van der Waals surface area contributed by atoms with Crippen LogP contribution in [0.25, 0.3) is 0 Å². The molecule has 2 atom stereocenters. The lowest BCUT2D eigenvalue weighted by Crippen LogP contribution is -2.50. The largest absolute Gasteiger partial charge is 0.303 e. The van der Waals surface area contributed by atoms with Crippen LogP contribution >= 0.6 is 0 Å². The van der Waals surface area contributed by atoms with Crippen LogP contribution in [0.4, 0.5) is 0 Å². The second-order valence-corrected chi connectivity index (χ2v) is 6.75. The van der Waals surface area contributed by atoms with Gasteiger partial charge in [-0.15, -0.1) is 0 Å². The van der Waals surface area contributed by atoms with Gasteiger partial charge in [-0.25, -0.2) is 8.42 Å². The van der Waals surface area contributed by atoms with E-state index >= 15 is 0 Å². The molecule has 2 fully saturated rings. The number of aldehydes is 1. The first-order chi connectivity index (χ1) is 5.96. The molecule has 1 saturated heterocycles. The summed E-state index contributed by atoms with van der Waals surface area (Å²) in [6, 6.07) is 0. The summed E-state index contributed by atoms with van der Waals surface area (Å²) >= 11 is 0. The fourth-order valence-corrected chi connectivity index (χ4v) is 4.31. The van der Waals surface area contributed by atoms with Crippen LogP contribution in [0.5, 0.6) is 0 Å². The molecule has 13 heavy (non-hydrogen) atoms. The van der Waals surface area contributed by atoms with E-state index in [2.05, 4.69) is 6.92 Å². The molecule has 2 unspecified atom stereocenters. The van der Waals surface area contributed by atoms with Gasteiger partial charge in [0.05, 0.1) is 16.9 Å². The Balaban J connectivity index is 1.99. The van der Waals surface area contributed by atoms with E-state index in [1.807, 2.05) is 0 Å².